The third kappa shape index (κ3) is 16.9. The van der Waals surface area contributed by atoms with Gasteiger partial charge in [-0.3, -0.25) is 29.8 Å². The molecule has 0 aliphatic carbocycles. The van der Waals surface area contributed by atoms with Crippen molar-refractivity contribution in [2.75, 3.05) is 26.9 Å². The molecule has 1 rings (SSSR count). The number of alkyl carbamates (subject to hydrolysis) is 2. The maximum atomic E-state index is 12.9. The lowest BCUT2D eigenvalue weighted by Gasteiger charge is -2.41. The Morgan fingerprint density at radius 1 is 0.820 bits per heavy atom. The summed E-state index contributed by atoms with van der Waals surface area (Å²) in [6.07, 6.45) is -5.35. The first-order valence-corrected chi connectivity index (χ1v) is 15.4. The van der Waals surface area contributed by atoms with Crippen LogP contribution in [0.2, 0.25) is 0 Å². The SMILES string of the molecule is COC(=O)C1=C[C@H](N=C(NC(=O)OC(C)(C)C)NC(=O)OC(C)(C)C)[C@@H](NC(C)=O)[C@H]([C@H](OCCOC(C)=O)[C@@H](COC(C)=O)OC(C)=O)O1. The molecule has 3 N–H and O–H groups in total. The first-order valence-electron chi connectivity index (χ1n) is 15.4. The summed E-state index contributed by atoms with van der Waals surface area (Å²) in [7, 11) is 1.06. The lowest BCUT2D eigenvalue weighted by atomic mass is 9.92. The molecule has 50 heavy (non-hydrogen) atoms. The van der Waals surface area contributed by atoms with Gasteiger partial charge in [0.25, 0.3) is 0 Å². The maximum Gasteiger partial charge on any atom is 0.414 e. The molecule has 1 heterocycles. The number of carbonyl (C=O) groups is 7. The van der Waals surface area contributed by atoms with Gasteiger partial charge in [0, 0.05) is 27.7 Å². The van der Waals surface area contributed by atoms with Crippen LogP contribution in [0.5, 0.6) is 0 Å². The molecule has 0 saturated carbocycles. The highest BCUT2D eigenvalue weighted by Crippen LogP contribution is 2.28. The maximum absolute atomic E-state index is 12.9. The zero-order valence-corrected chi connectivity index (χ0v) is 30.2. The standard InChI is InChI=1S/C31H48N4O15/c1-16(36)32-23-20(33-27(34-28(41)49-30(5,6)7)35-29(42)50-31(8,9)10)14-21(26(40)43-11)48-25(23)24(45-13-12-44-17(2)37)22(47-19(4)39)15-46-18(3)38/h14,20,22-25H,12-13,15H2,1-11H3,(H,32,36)(H2,33,34,35,41,42)/t20-,22+,23+,24+,25+/m0/s1. The Kier molecular flexibility index (Phi) is 16.6. The van der Waals surface area contributed by atoms with Crippen molar-refractivity contribution < 1.29 is 71.5 Å². The topological polar surface area (TPSA) is 242 Å². The van der Waals surface area contributed by atoms with Crippen LogP contribution in [0, 0.1) is 0 Å². The van der Waals surface area contributed by atoms with Gasteiger partial charge >= 0.3 is 36.1 Å². The minimum absolute atomic E-state index is 0.283. The highest BCUT2D eigenvalue weighted by atomic mass is 16.6. The smallest absolute Gasteiger partial charge is 0.414 e. The summed E-state index contributed by atoms with van der Waals surface area (Å²) in [6, 6.07) is -2.70. The molecule has 0 bridgehead atoms. The summed E-state index contributed by atoms with van der Waals surface area (Å²) < 4.78 is 42.9. The number of esters is 4. The minimum atomic E-state index is -1.51. The number of methoxy groups -OCH3 is 1. The first kappa shape index (κ1) is 43.1. The van der Waals surface area contributed by atoms with Crippen molar-refractivity contribution in [1.29, 1.82) is 0 Å². The van der Waals surface area contributed by atoms with Gasteiger partial charge in [0.2, 0.25) is 17.6 Å². The molecule has 1 aliphatic rings. The summed E-state index contributed by atoms with van der Waals surface area (Å²) in [4.78, 5) is 90.8. The molecular formula is C31H48N4O15. The lowest BCUT2D eigenvalue weighted by molar-refractivity contribution is -0.184. The van der Waals surface area contributed by atoms with Crippen molar-refractivity contribution in [1.82, 2.24) is 16.0 Å². The minimum Gasteiger partial charge on any atom is -0.478 e. The van der Waals surface area contributed by atoms with E-state index in [0.29, 0.717) is 0 Å². The Morgan fingerprint density at radius 2 is 1.36 bits per heavy atom. The van der Waals surface area contributed by atoms with Crippen molar-refractivity contribution in [3.8, 4) is 0 Å². The molecule has 0 aromatic heterocycles. The Labute approximate surface area is 290 Å². The van der Waals surface area contributed by atoms with Gasteiger partial charge in [-0.05, 0) is 47.6 Å². The molecule has 19 heteroatoms. The number of nitrogens with one attached hydrogen (secondary N) is 3. The van der Waals surface area contributed by atoms with Gasteiger partial charge in [0.15, 0.2) is 12.2 Å². The quantitative estimate of drug-likeness (QED) is 0.0844. The molecule has 5 atom stereocenters. The van der Waals surface area contributed by atoms with Crippen LogP contribution in [-0.4, -0.2) is 116 Å². The second-order valence-corrected chi connectivity index (χ2v) is 12.7. The largest absolute Gasteiger partial charge is 0.478 e. The average molecular weight is 717 g/mol. The van der Waals surface area contributed by atoms with Gasteiger partial charge in [0.1, 0.15) is 30.5 Å². The molecule has 0 saturated heterocycles. The molecule has 0 unspecified atom stereocenters. The molecule has 19 nitrogen and oxygen atoms in total. The Balaban J connectivity index is 3.95. The average Bonchev–Trinajstić information content (AvgIpc) is 2.93. The van der Waals surface area contributed by atoms with Crippen LogP contribution < -0.4 is 16.0 Å². The Hall–Kier alpha value is -4.94. The predicted molar refractivity (Wildman–Crippen MR) is 171 cm³/mol. The second kappa shape index (κ2) is 19.3. The van der Waals surface area contributed by atoms with Gasteiger partial charge in [-0.1, -0.05) is 0 Å². The molecule has 282 valence electrons. The van der Waals surface area contributed by atoms with Crippen molar-refractivity contribution in [3.05, 3.63) is 11.8 Å². The van der Waals surface area contributed by atoms with E-state index in [1.807, 2.05) is 0 Å². The van der Waals surface area contributed by atoms with Gasteiger partial charge in [-0.15, -0.1) is 0 Å². The fourth-order valence-corrected chi connectivity index (χ4v) is 4.16. The molecule has 1 aliphatic heterocycles. The van der Waals surface area contributed by atoms with Crippen LogP contribution in [0.3, 0.4) is 0 Å². The number of rotatable bonds is 12. The number of hydrogen-bond acceptors (Lipinski definition) is 16. The van der Waals surface area contributed by atoms with Crippen molar-refractivity contribution in [2.45, 2.75) is 111 Å². The molecule has 0 radical (unpaired) electrons. The first-order chi connectivity index (χ1) is 23.0. The lowest BCUT2D eigenvalue weighted by Crippen LogP contribution is -2.61. The molecular weight excluding hydrogens is 668 g/mol. The number of hydrogen-bond donors (Lipinski definition) is 3. The van der Waals surface area contributed by atoms with Crippen LogP contribution in [0.1, 0.15) is 69.2 Å². The highest BCUT2D eigenvalue weighted by molar-refractivity contribution is 6.01. The molecule has 0 aromatic rings. The van der Waals surface area contributed by atoms with E-state index in [1.54, 1.807) is 41.5 Å². The van der Waals surface area contributed by atoms with Crippen LogP contribution in [0.15, 0.2) is 16.8 Å². The van der Waals surface area contributed by atoms with E-state index < -0.39 is 102 Å². The van der Waals surface area contributed by atoms with Crippen molar-refractivity contribution in [3.63, 3.8) is 0 Å². The van der Waals surface area contributed by atoms with Crippen LogP contribution in [0.25, 0.3) is 0 Å². The zero-order chi connectivity index (χ0) is 38.4. The van der Waals surface area contributed by atoms with Gasteiger partial charge in [-0.2, -0.15) is 0 Å². The number of nitrogens with zero attached hydrogens (tertiary/aromatic N) is 1. The van der Waals surface area contributed by atoms with E-state index in [0.717, 1.165) is 34.0 Å². The second-order valence-electron chi connectivity index (χ2n) is 12.7. The van der Waals surface area contributed by atoms with Crippen molar-refractivity contribution >= 4 is 47.9 Å². The number of ether oxygens (including phenoxy) is 8. The van der Waals surface area contributed by atoms with Gasteiger partial charge < -0.3 is 43.2 Å². The summed E-state index contributed by atoms with van der Waals surface area (Å²) in [5.74, 6) is -4.84. The highest BCUT2D eigenvalue weighted by Gasteiger charge is 2.47. The van der Waals surface area contributed by atoms with Crippen LogP contribution >= 0.6 is 0 Å². The van der Waals surface area contributed by atoms with E-state index in [1.165, 1.54) is 6.92 Å². The predicted octanol–water partition coefficient (Wildman–Crippen LogP) is 1.16. The molecule has 0 fully saturated rings. The number of aliphatic imine (C=N–C) groups is 1. The third-order valence-electron chi connectivity index (χ3n) is 5.74. The third-order valence-corrected chi connectivity index (χ3v) is 5.74. The van der Waals surface area contributed by atoms with E-state index in [9.17, 15) is 33.6 Å². The fourth-order valence-electron chi connectivity index (χ4n) is 4.16. The van der Waals surface area contributed by atoms with E-state index in [2.05, 4.69) is 20.9 Å². The van der Waals surface area contributed by atoms with Crippen molar-refractivity contribution in [2.24, 2.45) is 4.99 Å². The van der Waals surface area contributed by atoms with Crippen LogP contribution in [-0.2, 0) is 61.9 Å². The van der Waals surface area contributed by atoms with E-state index in [-0.39, 0.29) is 13.2 Å². The summed E-state index contributed by atoms with van der Waals surface area (Å²) in [5, 5.41) is 7.28. The summed E-state index contributed by atoms with van der Waals surface area (Å²) >= 11 is 0. The van der Waals surface area contributed by atoms with E-state index in [4.69, 9.17) is 37.9 Å². The number of carbonyl (C=O) groups excluding carboxylic acids is 7. The van der Waals surface area contributed by atoms with E-state index >= 15 is 0 Å². The summed E-state index contributed by atoms with van der Waals surface area (Å²) in [6.45, 7) is 12.9. The fraction of sp³-hybridized carbons (Fsp3) is 0.677. The number of guanidine groups is 1. The molecule has 0 aromatic carbocycles. The molecule has 3 amide bonds. The monoisotopic (exact) mass is 716 g/mol. The van der Waals surface area contributed by atoms with Gasteiger partial charge in [-0.25, -0.2) is 19.4 Å². The Bertz CT molecular complexity index is 1280. The van der Waals surface area contributed by atoms with Crippen LogP contribution in [0.4, 0.5) is 9.59 Å². The van der Waals surface area contributed by atoms with Gasteiger partial charge in [0.05, 0.1) is 25.8 Å². The summed E-state index contributed by atoms with van der Waals surface area (Å²) in [5.41, 5.74) is -1.93. The molecule has 0 spiro atoms. The normalized spacial score (nSPS) is 18.3. The zero-order valence-electron chi connectivity index (χ0n) is 30.2. The number of amides is 3. The Morgan fingerprint density at radius 3 is 1.80 bits per heavy atom.